The Morgan fingerprint density at radius 1 is 1.19 bits per heavy atom. The van der Waals surface area contributed by atoms with Gasteiger partial charge in [0.2, 0.25) is 0 Å². The zero-order valence-electron chi connectivity index (χ0n) is 18.8. The van der Waals surface area contributed by atoms with E-state index in [0.717, 1.165) is 49.0 Å². The second kappa shape index (κ2) is 8.07. The number of methoxy groups -OCH3 is 1. The minimum atomic E-state index is 0.0773. The molecule has 0 unspecified atom stereocenters. The van der Waals surface area contributed by atoms with E-state index in [0.29, 0.717) is 17.5 Å². The Bertz CT molecular complexity index is 1040. The molecule has 6 nitrogen and oxygen atoms in total. The van der Waals surface area contributed by atoms with Crippen LogP contribution in [0.4, 0.5) is 0 Å². The molecule has 0 saturated carbocycles. The number of piperidine rings is 3. The summed E-state index contributed by atoms with van der Waals surface area (Å²) >= 11 is 0. The number of amides is 1. The lowest BCUT2D eigenvalue weighted by Crippen LogP contribution is -2.60. The predicted octanol–water partition coefficient (Wildman–Crippen LogP) is 4.12. The molecule has 2 aromatic rings. The second-order valence-electron chi connectivity index (χ2n) is 9.87. The third-order valence-corrected chi connectivity index (χ3v) is 8.11. The summed E-state index contributed by atoms with van der Waals surface area (Å²) in [4.78, 5) is 18.5. The van der Waals surface area contributed by atoms with Gasteiger partial charge in [-0.3, -0.25) is 14.8 Å². The lowest BCUT2D eigenvalue weighted by Gasteiger charge is -2.54. The van der Waals surface area contributed by atoms with Crippen LogP contribution in [-0.4, -0.2) is 64.7 Å². The van der Waals surface area contributed by atoms with E-state index in [4.69, 9.17) is 4.74 Å². The number of aromatic amines is 1. The highest BCUT2D eigenvalue weighted by Crippen LogP contribution is 2.45. The van der Waals surface area contributed by atoms with E-state index < -0.39 is 0 Å². The number of rotatable bonds is 3. The van der Waals surface area contributed by atoms with E-state index >= 15 is 0 Å². The molecular weight excluding hydrogens is 400 g/mol. The number of benzene rings is 1. The maximum atomic E-state index is 13.7. The van der Waals surface area contributed by atoms with Crippen molar-refractivity contribution in [3.05, 3.63) is 47.7 Å². The molecular formula is C26H32N4O2. The number of nitrogens with zero attached hydrogens (tertiary/aromatic N) is 3. The van der Waals surface area contributed by atoms with Gasteiger partial charge in [0.1, 0.15) is 11.4 Å². The van der Waals surface area contributed by atoms with Crippen LogP contribution in [0.3, 0.4) is 0 Å². The van der Waals surface area contributed by atoms with Crippen molar-refractivity contribution in [1.29, 1.82) is 0 Å². The Kier molecular flexibility index (Phi) is 5.05. The van der Waals surface area contributed by atoms with Crippen molar-refractivity contribution in [2.45, 2.75) is 50.6 Å². The highest BCUT2D eigenvalue weighted by atomic mass is 16.5. The number of likely N-dealkylation sites (tertiary alicyclic amines) is 1. The summed E-state index contributed by atoms with van der Waals surface area (Å²) in [7, 11) is 1.66. The number of H-pyrrole nitrogens is 1. The number of carbonyl (C=O) groups is 1. The van der Waals surface area contributed by atoms with Gasteiger partial charge < -0.3 is 9.64 Å². The van der Waals surface area contributed by atoms with Gasteiger partial charge in [0.25, 0.3) is 5.91 Å². The number of carbonyl (C=O) groups excluding carboxylic acids is 1. The van der Waals surface area contributed by atoms with Crippen molar-refractivity contribution >= 4 is 5.91 Å². The molecule has 6 heteroatoms. The Hall–Kier alpha value is -2.60. The van der Waals surface area contributed by atoms with Crippen molar-refractivity contribution in [2.75, 3.05) is 26.7 Å². The first-order chi connectivity index (χ1) is 15.7. The quantitative estimate of drug-likeness (QED) is 0.741. The first kappa shape index (κ1) is 20.0. The zero-order valence-corrected chi connectivity index (χ0v) is 18.8. The highest BCUT2D eigenvalue weighted by molar-refractivity contribution is 5.94. The fourth-order valence-corrected chi connectivity index (χ4v) is 6.78. The monoisotopic (exact) mass is 432 g/mol. The summed E-state index contributed by atoms with van der Waals surface area (Å²) in [6.07, 6.45) is 10.0. The Labute approximate surface area is 189 Å². The smallest absolute Gasteiger partial charge is 0.272 e. The van der Waals surface area contributed by atoms with Crippen LogP contribution in [0.1, 0.15) is 49.0 Å². The molecule has 0 radical (unpaired) electrons. The summed E-state index contributed by atoms with van der Waals surface area (Å²) in [6.45, 7) is 3.20. The first-order valence-corrected chi connectivity index (χ1v) is 12.2. The van der Waals surface area contributed by atoms with E-state index in [2.05, 4.69) is 26.1 Å². The van der Waals surface area contributed by atoms with Crippen molar-refractivity contribution in [3.8, 4) is 17.0 Å². The van der Waals surface area contributed by atoms with Gasteiger partial charge in [0.05, 0.1) is 18.8 Å². The van der Waals surface area contributed by atoms with Crippen LogP contribution in [0, 0.1) is 11.8 Å². The summed E-state index contributed by atoms with van der Waals surface area (Å²) < 4.78 is 5.48. The Morgan fingerprint density at radius 2 is 2.09 bits per heavy atom. The molecule has 6 rings (SSSR count). The molecule has 1 N–H and O–H groups in total. The number of aromatic nitrogens is 2. The third-order valence-electron chi connectivity index (χ3n) is 8.11. The molecule has 4 aliphatic rings. The van der Waals surface area contributed by atoms with Crippen LogP contribution >= 0.6 is 0 Å². The highest BCUT2D eigenvalue weighted by Gasteiger charge is 2.47. The van der Waals surface area contributed by atoms with Gasteiger partial charge in [-0.2, -0.15) is 5.10 Å². The third kappa shape index (κ3) is 3.27. The number of nitrogens with one attached hydrogen (secondary N) is 1. The van der Waals surface area contributed by atoms with Crippen molar-refractivity contribution in [1.82, 2.24) is 20.0 Å². The molecule has 1 aromatic heterocycles. The number of para-hydroxylation sites is 1. The lowest BCUT2D eigenvalue weighted by atomic mass is 9.68. The largest absolute Gasteiger partial charge is 0.496 e. The molecule has 2 bridgehead atoms. The number of hydrogen-bond donors (Lipinski definition) is 1. The van der Waals surface area contributed by atoms with Gasteiger partial charge >= 0.3 is 0 Å². The van der Waals surface area contributed by atoms with Gasteiger partial charge in [-0.1, -0.05) is 30.2 Å². The molecule has 1 aliphatic carbocycles. The average molecular weight is 433 g/mol. The lowest BCUT2D eigenvalue weighted by molar-refractivity contribution is 0.00131. The Morgan fingerprint density at radius 3 is 3.00 bits per heavy atom. The van der Waals surface area contributed by atoms with Crippen molar-refractivity contribution in [3.63, 3.8) is 0 Å². The average Bonchev–Trinajstić information content (AvgIpc) is 3.33. The zero-order chi connectivity index (χ0) is 21.7. The molecule has 4 atom stereocenters. The molecule has 1 aromatic carbocycles. The molecule has 0 spiro atoms. The normalized spacial score (nSPS) is 29.7. The van der Waals surface area contributed by atoms with Crippen LogP contribution in [0.5, 0.6) is 5.75 Å². The summed E-state index contributed by atoms with van der Waals surface area (Å²) in [6, 6.07) is 10.7. The van der Waals surface area contributed by atoms with Crippen LogP contribution in [0.2, 0.25) is 0 Å². The van der Waals surface area contributed by atoms with Crippen LogP contribution < -0.4 is 4.74 Å². The molecule has 3 aliphatic heterocycles. The van der Waals surface area contributed by atoms with Gasteiger partial charge in [0, 0.05) is 24.7 Å². The number of ether oxygens (including phenoxy) is 1. The molecule has 3 saturated heterocycles. The summed E-state index contributed by atoms with van der Waals surface area (Å²) in [5.74, 6) is 2.07. The number of fused-ring (bicyclic) bond motifs is 6. The molecule has 1 amide bonds. The molecule has 168 valence electrons. The minimum Gasteiger partial charge on any atom is -0.496 e. The standard InChI is InChI=1S/C26H32N4O2/c1-32-24-10-3-2-8-20(24)21-15-22(28-27-21)26(31)30-12-6-7-17-13-18-14-19(25(17)30)16-29-11-5-4-9-23(18)29/h2-3,8,10,13,15,18-19,23,25H,4-7,9,11-12,14,16H2,1H3,(H,27,28)/t18-,19-,23+,25-/m0/s1. The first-order valence-electron chi connectivity index (χ1n) is 12.2. The van der Waals surface area contributed by atoms with Gasteiger partial charge in [-0.05, 0) is 68.7 Å². The fraction of sp³-hybridized carbons (Fsp3) is 0.538. The topological polar surface area (TPSA) is 61.5 Å². The van der Waals surface area contributed by atoms with E-state index in [1.807, 2.05) is 30.3 Å². The van der Waals surface area contributed by atoms with Gasteiger partial charge in [-0.15, -0.1) is 0 Å². The maximum absolute atomic E-state index is 13.7. The Balaban J connectivity index is 1.28. The van der Waals surface area contributed by atoms with Crippen LogP contribution in [0.15, 0.2) is 42.0 Å². The summed E-state index contributed by atoms with van der Waals surface area (Å²) in [5.41, 5.74) is 3.73. The predicted molar refractivity (Wildman–Crippen MR) is 124 cm³/mol. The van der Waals surface area contributed by atoms with Crippen LogP contribution in [0.25, 0.3) is 11.3 Å². The molecule has 3 fully saturated rings. The van der Waals surface area contributed by atoms with E-state index in [-0.39, 0.29) is 11.9 Å². The number of hydrogen-bond acceptors (Lipinski definition) is 4. The fourth-order valence-electron chi connectivity index (χ4n) is 6.78. The molecule has 32 heavy (non-hydrogen) atoms. The van der Waals surface area contributed by atoms with Crippen molar-refractivity contribution in [2.24, 2.45) is 11.8 Å². The van der Waals surface area contributed by atoms with Gasteiger partial charge in [0.15, 0.2) is 0 Å². The second-order valence-corrected chi connectivity index (χ2v) is 9.87. The SMILES string of the molecule is COc1ccccc1-c1cc(C(=O)N2CCCC3=C[C@H]4C[C@@H](CN5CCCC[C@H]45)[C@H]32)[nH]n1. The maximum Gasteiger partial charge on any atom is 0.272 e. The van der Waals surface area contributed by atoms with E-state index in [9.17, 15) is 4.79 Å². The van der Waals surface area contributed by atoms with Crippen LogP contribution in [-0.2, 0) is 0 Å². The van der Waals surface area contributed by atoms with Gasteiger partial charge in [-0.25, -0.2) is 0 Å². The van der Waals surface area contributed by atoms with Crippen molar-refractivity contribution < 1.29 is 9.53 Å². The molecule has 4 heterocycles. The minimum absolute atomic E-state index is 0.0773. The summed E-state index contributed by atoms with van der Waals surface area (Å²) in [5, 5.41) is 7.48. The van der Waals surface area contributed by atoms with E-state index in [1.54, 1.807) is 7.11 Å². The van der Waals surface area contributed by atoms with E-state index in [1.165, 1.54) is 37.8 Å².